The van der Waals surface area contributed by atoms with Gasteiger partial charge in [-0.1, -0.05) is 0 Å². The van der Waals surface area contributed by atoms with Crippen molar-refractivity contribution in [3.05, 3.63) is 41.3 Å². The molecule has 0 aliphatic carbocycles. The highest BCUT2D eigenvalue weighted by atomic mass is 16.5. The van der Waals surface area contributed by atoms with E-state index in [0.717, 1.165) is 41.1 Å². The van der Waals surface area contributed by atoms with Gasteiger partial charge >= 0.3 is 0 Å². The summed E-state index contributed by atoms with van der Waals surface area (Å²) >= 11 is 0. The fourth-order valence-electron chi connectivity index (χ4n) is 2.75. The van der Waals surface area contributed by atoms with Gasteiger partial charge in [0.2, 0.25) is 5.95 Å². The average molecular weight is 325 g/mol. The van der Waals surface area contributed by atoms with Gasteiger partial charge in [-0.2, -0.15) is 5.10 Å². The van der Waals surface area contributed by atoms with Crippen molar-refractivity contribution in [2.75, 3.05) is 19.1 Å². The lowest BCUT2D eigenvalue weighted by Gasteiger charge is -2.18. The SMILES string of the molecule is CCn1cc(CN(C)c2nc(C)c3ccc(OC)cc3n2)c(C)n1. The van der Waals surface area contributed by atoms with Gasteiger partial charge in [-0.05, 0) is 32.9 Å². The van der Waals surface area contributed by atoms with E-state index in [4.69, 9.17) is 9.72 Å². The van der Waals surface area contributed by atoms with Crippen LogP contribution in [0.5, 0.6) is 5.75 Å². The van der Waals surface area contributed by atoms with Crippen LogP contribution >= 0.6 is 0 Å². The third kappa shape index (κ3) is 3.04. The third-order valence-corrected chi connectivity index (χ3v) is 4.20. The number of anilines is 1. The molecular weight excluding hydrogens is 302 g/mol. The van der Waals surface area contributed by atoms with Crippen molar-refractivity contribution in [1.29, 1.82) is 0 Å². The van der Waals surface area contributed by atoms with Crippen molar-refractivity contribution in [3.8, 4) is 5.75 Å². The van der Waals surface area contributed by atoms with E-state index < -0.39 is 0 Å². The fraction of sp³-hybridized carbons (Fsp3) is 0.389. The van der Waals surface area contributed by atoms with Gasteiger partial charge in [-0.15, -0.1) is 0 Å². The first-order chi connectivity index (χ1) is 11.5. The van der Waals surface area contributed by atoms with Crippen LogP contribution in [0.1, 0.15) is 23.9 Å². The Morgan fingerprint density at radius 3 is 2.62 bits per heavy atom. The summed E-state index contributed by atoms with van der Waals surface area (Å²) in [7, 11) is 3.67. The van der Waals surface area contributed by atoms with Crippen LogP contribution in [0.3, 0.4) is 0 Å². The van der Waals surface area contributed by atoms with E-state index in [0.29, 0.717) is 5.95 Å². The third-order valence-electron chi connectivity index (χ3n) is 4.20. The molecule has 0 saturated heterocycles. The molecule has 0 bridgehead atoms. The van der Waals surface area contributed by atoms with Gasteiger partial charge in [-0.3, -0.25) is 4.68 Å². The molecule has 0 unspecified atom stereocenters. The number of ether oxygens (including phenoxy) is 1. The Bertz CT molecular complexity index is 871. The molecule has 2 aromatic heterocycles. The van der Waals surface area contributed by atoms with Gasteiger partial charge in [-0.25, -0.2) is 9.97 Å². The Labute approximate surface area is 142 Å². The van der Waals surface area contributed by atoms with Gasteiger partial charge in [0.15, 0.2) is 0 Å². The summed E-state index contributed by atoms with van der Waals surface area (Å²) in [5, 5.41) is 5.54. The predicted molar refractivity (Wildman–Crippen MR) is 95.6 cm³/mol. The molecule has 0 fully saturated rings. The van der Waals surface area contributed by atoms with Crippen molar-refractivity contribution in [3.63, 3.8) is 0 Å². The molecule has 0 atom stereocenters. The Morgan fingerprint density at radius 2 is 1.96 bits per heavy atom. The maximum Gasteiger partial charge on any atom is 0.226 e. The highest BCUT2D eigenvalue weighted by molar-refractivity contribution is 5.83. The Kier molecular flexibility index (Phi) is 4.38. The normalized spacial score (nSPS) is 11.0. The van der Waals surface area contributed by atoms with E-state index in [1.165, 1.54) is 5.56 Å². The summed E-state index contributed by atoms with van der Waals surface area (Å²) in [6.45, 7) is 7.72. The summed E-state index contributed by atoms with van der Waals surface area (Å²) in [5.41, 5.74) is 4.09. The topological polar surface area (TPSA) is 56.1 Å². The Balaban J connectivity index is 1.93. The zero-order chi connectivity index (χ0) is 17.3. The van der Waals surface area contributed by atoms with Gasteiger partial charge in [0.1, 0.15) is 5.75 Å². The van der Waals surface area contributed by atoms with E-state index >= 15 is 0 Å². The molecule has 0 radical (unpaired) electrons. The lowest BCUT2D eigenvalue weighted by atomic mass is 10.2. The highest BCUT2D eigenvalue weighted by Gasteiger charge is 2.12. The standard InChI is InChI=1S/C18H23N5O/c1-6-23-11-14(12(2)21-23)10-22(4)18-19-13(3)16-8-7-15(24-5)9-17(16)20-18/h7-9,11H,6,10H2,1-5H3. The first-order valence-electron chi connectivity index (χ1n) is 8.08. The zero-order valence-electron chi connectivity index (χ0n) is 14.9. The number of methoxy groups -OCH3 is 1. The molecular formula is C18H23N5O. The van der Waals surface area contributed by atoms with E-state index in [2.05, 4.69) is 28.1 Å². The summed E-state index contributed by atoms with van der Waals surface area (Å²) in [6, 6.07) is 5.88. The number of hydrogen-bond donors (Lipinski definition) is 0. The molecule has 6 heteroatoms. The second-order valence-electron chi connectivity index (χ2n) is 5.94. The van der Waals surface area contributed by atoms with Gasteiger partial charge in [0, 0.05) is 43.4 Å². The molecule has 126 valence electrons. The lowest BCUT2D eigenvalue weighted by Crippen LogP contribution is -2.19. The lowest BCUT2D eigenvalue weighted by molar-refractivity contribution is 0.415. The first kappa shape index (κ1) is 16.2. The van der Waals surface area contributed by atoms with Crippen LogP contribution < -0.4 is 9.64 Å². The quantitative estimate of drug-likeness (QED) is 0.721. The minimum atomic E-state index is 0.705. The number of aromatic nitrogens is 4. The molecule has 0 spiro atoms. The van der Waals surface area contributed by atoms with Crippen LogP contribution in [-0.2, 0) is 13.1 Å². The maximum atomic E-state index is 5.30. The van der Waals surface area contributed by atoms with Crippen LogP contribution in [0.25, 0.3) is 10.9 Å². The molecule has 3 aromatic rings. The highest BCUT2D eigenvalue weighted by Crippen LogP contribution is 2.24. The Hall–Kier alpha value is -2.63. The summed E-state index contributed by atoms with van der Waals surface area (Å²) in [4.78, 5) is 11.4. The average Bonchev–Trinajstić information content (AvgIpc) is 2.94. The molecule has 1 aromatic carbocycles. The van der Waals surface area contributed by atoms with Crippen molar-refractivity contribution < 1.29 is 4.74 Å². The van der Waals surface area contributed by atoms with Crippen LogP contribution in [0.4, 0.5) is 5.95 Å². The molecule has 0 amide bonds. The Morgan fingerprint density at radius 1 is 1.17 bits per heavy atom. The van der Waals surface area contributed by atoms with Crippen molar-refractivity contribution in [1.82, 2.24) is 19.7 Å². The number of rotatable bonds is 5. The molecule has 0 aliphatic heterocycles. The van der Waals surface area contributed by atoms with E-state index in [9.17, 15) is 0 Å². The van der Waals surface area contributed by atoms with E-state index in [1.54, 1.807) is 7.11 Å². The number of aryl methyl sites for hydroxylation is 3. The van der Waals surface area contributed by atoms with E-state index in [-0.39, 0.29) is 0 Å². The van der Waals surface area contributed by atoms with Gasteiger partial charge < -0.3 is 9.64 Å². The van der Waals surface area contributed by atoms with Crippen molar-refractivity contribution in [2.45, 2.75) is 33.9 Å². The van der Waals surface area contributed by atoms with Crippen LogP contribution in [0.2, 0.25) is 0 Å². The number of nitrogens with zero attached hydrogens (tertiary/aromatic N) is 5. The predicted octanol–water partition coefficient (Wildman–Crippen LogP) is 3.11. The molecule has 2 heterocycles. The second-order valence-corrected chi connectivity index (χ2v) is 5.94. The van der Waals surface area contributed by atoms with Crippen molar-refractivity contribution in [2.24, 2.45) is 0 Å². The summed E-state index contributed by atoms with van der Waals surface area (Å²) in [6.07, 6.45) is 2.09. The maximum absolute atomic E-state index is 5.30. The van der Waals surface area contributed by atoms with Crippen LogP contribution in [0, 0.1) is 13.8 Å². The monoisotopic (exact) mass is 325 g/mol. The summed E-state index contributed by atoms with van der Waals surface area (Å²) < 4.78 is 7.26. The molecule has 24 heavy (non-hydrogen) atoms. The van der Waals surface area contributed by atoms with Crippen molar-refractivity contribution >= 4 is 16.9 Å². The van der Waals surface area contributed by atoms with Crippen LogP contribution in [-0.4, -0.2) is 33.9 Å². The smallest absolute Gasteiger partial charge is 0.226 e. The fourth-order valence-corrected chi connectivity index (χ4v) is 2.75. The minimum Gasteiger partial charge on any atom is -0.497 e. The number of fused-ring (bicyclic) bond motifs is 1. The zero-order valence-corrected chi connectivity index (χ0v) is 14.9. The number of benzene rings is 1. The van der Waals surface area contributed by atoms with E-state index in [1.807, 2.05) is 43.8 Å². The molecule has 3 rings (SSSR count). The molecule has 0 aliphatic rings. The largest absolute Gasteiger partial charge is 0.497 e. The summed E-state index contributed by atoms with van der Waals surface area (Å²) in [5.74, 6) is 1.51. The van der Waals surface area contributed by atoms with Gasteiger partial charge in [0.05, 0.1) is 24.0 Å². The number of hydrogen-bond acceptors (Lipinski definition) is 5. The van der Waals surface area contributed by atoms with Crippen LogP contribution in [0.15, 0.2) is 24.4 Å². The second kappa shape index (κ2) is 6.47. The first-order valence-corrected chi connectivity index (χ1v) is 8.08. The van der Waals surface area contributed by atoms with Gasteiger partial charge in [0.25, 0.3) is 0 Å². The minimum absolute atomic E-state index is 0.705. The molecule has 0 saturated carbocycles. The molecule has 0 N–H and O–H groups in total. The molecule has 6 nitrogen and oxygen atoms in total.